The maximum atomic E-state index is 6.13. The van der Waals surface area contributed by atoms with E-state index in [1.54, 1.807) is 11.3 Å². The van der Waals surface area contributed by atoms with Gasteiger partial charge in [0.15, 0.2) is 5.96 Å². The Kier molecular flexibility index (Phi) is 8.55. The minimum Gasteiger partial charge on any atom is -0.487 e. The van der Waals surface area contributed by atoms with Gasteiger partial charge in [0.25, 0.3) is 0 Å². The van der Waals surface area contributed by atoms with E-state index in [0.29, 0.717) is 0 Å². The van der Waals surface area contributed by atoms with Crippen molar-refractivity contribution in [1.29, 1.82) is 0 Å². The second kappa shape index (κ2) is 10.4. The zero-order valence-electron chi connectivity index (χ0n) is 17.1. The molecule has 3 rings (SSSR count). The summed E-state index contributed by atoms with van der Waals surface area (Å²) in [6, 6.07) is 8.46. The van der Waals surface area contributed by atoms with Crippen LogP contribution in [0.4, 0.5) is 0 Å². The number of hydrogen-bond donors (Lipinski definition) is 2. The maximum absolute atomic E-state index is 6.13. The van der Waals surface area contributed by atoms with Gasteiger partial charge in [-0.05, 0) is 40.2 Å². The number of para-hydroxylation sites is 1. The lowest BCUT2D eigenvalue weighted by Gasteiger charge is -2.38. The highest BCUT2D eigenvalue weighted by Gasteiger charge is 2.33. The standard InChI is InChI=1S/C21H30N4OS.HI/c1-5-22-20(23-12-8-11-19-24-15(2)14-27-19)25-17-13-21(3,4)26-18-10-7-6-9-16(17)18;/h6-7,9-10,14,17H,5,8,11-13H2,1-4H3,(H2,22,23,25);1H. The summed E-state index contributed by atoms with van der Waals surface area (Å²) >= 11 is 1.73. The number of hydrogen-bond acceptors (Lipinski definition) is 4. The molecule has 1 aliphatic rings. The van der Waals surface area contributed by atoms with Crippen LogP contribution in [0.5, 0.6) is 5.75 Å². The lowest BCUT2D eigenvalue weighted by atomic mass is 9.90. The summed E-state index contributed by atoms with van der Waals surface area (Å²) < 4.78 is 6.13. The number of thiazole rings is 1. The quantitative estimate of drug-likeness (QED) is 0.250. The Morgan fingerprint density at radius 2 is 2.14 bits per heavy atom. The number of ether oxygens (including phenoxy) is 1. The molecular weight excluding hydrogens is 483 g/mol. The zero-order valence-corrected chi connectivity index (χ0v) is 20.3. The van der Waals surface area contributed by atoms with E-state index < -0.39 is 0 Å². The van der Waals surface area contributed by atoms with E-state index in [9.17, 15) is 0 Å². The summed E-state index contributed by atoms with van der Waals surface area (Å²) in [7, 11) is 0. The highest BCUT2D eigenvalue weighted by molar-refractivity contribution is 14.0. The molecule has 2 aromatic rings. The van der Waals surface area contributed by atoms with E-state index in [2.05, 4.69) is 53.9 Å². The van der Waals surface area contributed by atoms with Gasteiger partial charge in [0.05, 0.1) is 11.0 Å². The Labute approximate surface area is 189 Å². The van der Waals surface area contributed by atoms with E-state index in [1.165, 1.54) is 10.6 Å². The van der Waals surface area contributed by atoms with Gasteiger partial charge < -0.3 is 15.4 Å². The van der Waals surface area contributed by atoms with Crippen molar-refractivity contribution in [2.45, 2.75) is 58.6 Å². The Hall–Kier alpha value is -1.35. The number of aliphatic imine (C=N–C) groups is 1. The van der Waals surface area contributed by atoms with Crippen LogP contribution in [0, 0.1) is 6.92 Å². The number of benzene rings is 1. The fourth-order valence-electron chi connectivity index (χ4n) is 3.35. The van der Waals surface area contributed by atoms with Crippen molar-refractivity contribution in [2.75, 3.05) is 13.1 Å². The number of rotatable bonds is 6. The fraction of sp³-hybridized carbons (Fsp3) is 0.524. The van der Waals surface area contributed by atoms with Crippen molar-refractivity contribution >= 4 is 41.3 Å². The molecule has 5 nitrogen and oxygen atoms in total. The van der Waals surface area contributed by atoms with Crippen molar-refractivity contribution in [1.82, 2.24) is 15.6 Å². The molecule has 1 atom stereocenters. The minimum absolute atomic E-state index is 0. The minimum atomic E-state index is -0.202. The molecule has 0 saturated heterocycles. The van der Waals surface area contributed by atoms with Crippen LogP contribution in [0.25, 0.3) is 0 Å². The summed E-state index contributed by atoms with van der Waals surface area (Å²) in [5, 5.41) is 10.3. The second-order valence-electron chi connectivity index (χ2n) is 7.55. The van der Waals surface area contributed by atoms with Gasteiger partial charge in [-0.15, -0.1) is 35.3 Å². The van der Waals surface area contributed by atoms with Gasteiger partial charge in [-0.1, -0.05) is 18.2 Å². The summed E-state index contributed by atoms with van der Waals surface area (Å²) in [6.07, 6.45) is 2.88. The normalized spacial score (nSPS) is 17.9. The van der Waals surface area contributed by atoms with Crippen LogP contribution in [-0.4, -0.2) is 29.6 Å². The van der Waals surface area contributed by atoms with Crippen LogP contribution in [0.2, 0.25) is 0 Å². The van der Waals surface area contributed by atoms with Gasteiger partial charge in [0.2, 0.25) is 0 Å². The number of fused-ring (bicyclic) bond motifs is 1. The van der Waals surface area contributed by atoms with E-state index in [0.717, 1.165) is 49.8 Å². The molecule has 0 spiro atoms. The smallest absolute Gasteiger partial charge is 0.191 e. The van der Waals surface area contributed by atoms with Gasteiger partial charge in [-0.3, -0.25) is 4.99 Å². The molecule has 1 aromatic heterocycles. The number of aromatic nitrogens is 1. The van der Waals surface area contributed by atoms with Crippen molar-refractivity contribution in [3.8, 4) is 5.75 Å². The number of nitrogens with one attached hydrogen (secondary N) is 2. The molecule has 2 N–H and O–H groups in total. The van der Waals surface area contributed by atoms with Crippen molar-refractivity contribution in [3.63, 3.8) is 0 Å². The van der Waals surface area contributed by atoms with Gasteiger partial charge in [0.1, 0.15) is 11.4 Å². The molecule has 1 aliphatic heterocycles. The fourth-order valence-corrected chi connectivity index (χ4v) is 4.17. The summed E-state index contributed by atoms with van der Waals surface area (Å²) in [5.41, 5.74) is 2.10. The summed E-state index contributed by atoms with van der Waals surface area (Å²) in [6.45, 7) is 10.0. The molecule has 2 heterocycles. The van der Waals surface area contributed by atoms with Crippen LogP contribution in [0.3, 0.4) is 0 Å². The first kappa shape index (κ1) is 22.9. The van der Waals surface area contributed by atoms with E-state index in [1.807, 2.05) is 19.1 Å². The predicted octanol–water partition coefficient (Wildman–Crippen LogP) is 4.86. The van der Waals surface area contributed by atoms with E-state index in [4.69, 9.17) is 9.73 Å². The molecule has 0 radical (unpaired) electrons. The summed E-state index contributed by atoms with van der Waals surface area (Å²) in [4.78, 5) is 9.30. The van der Waals surface area contributed by atoms with Gasteiger partial charge in [0, 0.05) is 42.6 Å². The van der Waals surface area contributed by atoms with Crippen molar-refractivity contribution < 1.29 is 4.74 Å². The third-order valence-corrected chi connectivity index (χ3v) is 5.54. The van der Waals surface area contributed by atoms with Crippen molar-refractivity contribution in [2.24, 2.45) is 4.99 Å². The monoisotopic (exact) mass is 514 g/mol. The zero-order chi connectivity index (χ0) is 19.3. The number of halogens is 1. The van der Waals surface area contributed by atoms with Crippen LogP contribution in [0.15, 0.2) is 34.6 Å². The first-order chi connectivity index (χ1) is 13.0. The predicted molar refractivity (Wildman–Crippen MR) is 128 cm³/mol. The first-order valence-corrected chi connectivity index (χ1v) is 10.6. The molecule has 1 aromatic carbocycles. The lowest BCUT2D eigenvalue weighted by Crippen LogP contribution is -2.45. The Bertz CT molecular complexity index is 790. The SMILES string of the molecule is CCNC(=NCCCc1nc(C)cs1)NC1CC(C)(C)Oc2ccccc21.I. The Morgan fingerprint density at radius 3 is 2.86 bits per heavy atom. The third kappa shape index (κ3) is 6.34. The van der Waals surface area contributed by atoms with Gasteiger partial charge in [-0.25, -0.2) is 4.98 Å². The molecular formula is C21H31IN4OS. The molecule has 0 bridgehead atoms. The molecule has 154 valence electrons. The maximum Gasteiger partial charge on any atom is 0.191 e. The molecule has 0 saturated carbocycles. The highest BCUT2D eigenvalue weighted by atomic mass is 127. The van der Waals surface area contributed by atoms with E-state index >= 15 is 0 Å². The average Bonchev–Trinajstić information content (AvgIpc) is 3.03. The molecule has 0 aliphatic carbocycles. The van der Waals surface area contributed by atoms with Gasteiger partial charge in [-0.2, -0.15) is 0 Å². The molecule has 7 heteroatoms. The molecule has 0 amide bonds. The largest absolute Gasteiger partial charge is 0.487 e. The van der Waals surface area contributed by atoms with Crippen LogP contribution < -0.4 is 15.4 Å². The van der Waals surface area contributed by atoms with Crippen LogP contribution in [-0.2, 0) is 6.42 Å². The number of guanidine groups is 1. The molecule has 28 heavy (non-hydrogen) atoms. The van der Waals surface area contributed by atoms with Crippen molar-refractivity contribution in [3.05, 3.63) is 45.9 Å². The Balaban J connectivity index is 0.00000280. The highest BCUT2D eigenvalue weighted by Crippen LogP contribution is 2.39. The topological polar surface area (TPSA) is 58.5 Å². The van der Waals surface area contributed by atoms with Crippen LogP contribution in [0.1, 0.15) is 55.9 Å². The summed E-state index contributed by atoms with van der Waals surface area (Å²) in [5.74, 6) is 1.83. The molecule has 1 unspecified atom stereocenters. The number of aryl methyl sites for hydroxylation is 2. The number of nitrogens with zero attached hydrogens (tertiary/aromatic N) is 2. The Morgan fingerprint density at radius 1 is 1.36 bits per heavy atom. The van der Waals surface area contributed by atoms with E-state index in [-0.39, 0.29) is 35.6 Å². The lowest BCUT2D eigenvalue weighted by molar-refractivity contribution is 0.0694. The first-order valence-electron chi connectivity index (χ1n) is 9.70. The van der Waals surface area contributed by atoms with Crippen LogP contribution >= 0.6 is 35.3 Å². The third-order valence-electron chi connectivity index (χ3n) is 4.52. The molecule has 0 fully saturated rings. The average molecular weight is 514 g/mol. The second-order valence-corrected chi connectivity index (χ2v) is 8.49. The van der Waals surface area contributed by atoms with Gasteiger partial charge >= 0.3 is 0 Å².